The average molecular weight is 173 g/mol. The molecule has 1 aliphatic rings. The van der Waals surface area contributed by atoms with Crippen LogP contribution in [0, 0.1) is 0 Å². The fourth-order valence-electron chi connectivity index (χ4n) is 1.92. The third kappa shape index (κ3) is 1.69. The van der Waals surface area contributed by atoms with Crippen LogP contribution in [0.3, 0.4) is 0 Å². The van der Waals surface area contributed by atoms with Gasteiger partial charge < -0.3 is 15.1 Å². The smallest absolute Gasteiger partial charge is 0.407 e. The average Bonchev–Trinajstić information content (AvgIpc) is 1.82. The number of aliphatic hydroxyl groups excluding tert-OH is 1. The molecule has 1 aliphatic heterocycles. The van der Waals surface area contributed by atoms with Crippen molar-refractivity contribution in [2.45, 2.75) is 44.9 Å². The Morgan fingerprint density at radius 3 is 2.08 bits per heavy atom. The fraction of sp³-hybridized carbons (Fsp3) is 0.875. The minimum atomic E-state index is -0.887. The lowest BCUT2D eigenvalue weighted by atomic mass is 9.95. The van der Waals surface area contributed by atoms with Crippen LogP contribution in [0.5, 0.6) is 0 Å². The van der Waals surface area contributed by atoms with E-state index in [0.29, 0.717) is 12.8 Å². The van der Waals surface area contributed by atoms with Gasteiger partial charge in [0, 0.05) is 12.1 Å². The molecule has 1 rings (SSSR count). The number of rotatable bonds is 0. The van der Waals surface area contributed by atoms with Crippen LogP contribution < -0.4 is 0 Å². The molecule has 0 aromatic carbocycles. The predicted octanol–water partition coefficient (Wildman–Crippen LogP) is 0.898. The van der Waals surface area contributed by atoms with Crippen LogP contribution in [0.15, 0.2) is 0 Å². The summed E-state index contributed by atoms with van der Waals surface area (Å²) >= 11 is 0. The summed E-state index contributed by atoms with van der Waals surface area (Å²) in [5, 5.41) is 18.1. The molecule has 0 aliphatic carbocycles. The maximum absolute atomic E-state index is 10.7. The third-order valence-electron chi connectivity index (χ3n) is 2.40. The highest BCUT2D eigenvalue weighted by atomic mass is 16.4. The van der Waals surface area contributed by atoms with Crippen LogP contribution in [0.4, 0.5) is 4.79 Å². The van der Waals surface area contributed by atoms with Gasteiger partial charge in [-0.2, -0.15) is 0 Å². The van der Waals surface area contributed by atoms with E-state index in [9.17, 15) is 9.90 Å². The topological polar surface area (TPSA) is 60.8 Å². The summed E-state index contributed by atoms with van der Waals surface area (Å²) in [4.78, 5) is 12.1. The molecule has 2 unspecified atom stereocenters. The summed E-state index contributed by atoms with van der Waals surface area (Å²) < 4.78 is 0. The number of likely N-dealkylation sites (tertiary alicyclic amines) is 1. The van der Waals surface area contributed by atoms with Gasteiger partial charge in [0.05, 0.1) is 6.10 Å². The maximum Gasteiger partial charge on any atom is 0.407 e. The van der Waals surface area contributed by atoms with E-state index in [0.717, 1.165) is 0 Å². The Bertz CT molecular complexity index is 171. The normalized spacial score (nSPS) is 36.6. The predicted molar refractivity (Wildman–Crippen MR) is 44.0 cm³/mol. The van der Waals surface area contributed by atoms with Crippen LogP contribution in [0.1, 0.15) is 26.7 Å². The van der Waals surface area contributed by atoms with E-state index in [1.54, 1.807) is 0 Å². The molecule has 0 aromatic rings. The first kappa shape index (κ1) is 9.32. The Balaban J connectivity index is 2.66. The van der Waals surface area contributed by atoms with Gasteiger partial charge in [-0.1, -0.05) is 0 Å². The summed E-state index contributed by atoms with van der Waals surface area (Å²) in [6.07, 6.45) is -0.125. The molecule has 1 fully saturated rings. The van der Waals surface area contributed by atoms with Gasteiger partial charge in [-0.25, -0.2) is 4.79 Å². The molecule has 0 aromatic heterocycles. The summed E-state index contributed by atoms with van der Waals surface area (Å²) in [5.74, 6) is 0. The molecular weight excluding hydrogens is 158 g/mol. The van der Waals surface area contributed by atoms with E-state index >= 15 is 0 Å². The lowest BCUT2D eigenvalue weighted by Gasteiger charge is -2.39. The van der Waals surface area contributed by atoms with Crippen LogP contribution in [-0.4, -0.2) is 39.4 Å². The lowest BCUT2D eigenvalue weighted by molar-refractivity contribution is 0.0198. The zero-order valence-corrected chi connectivity index (χ0v) is 7.40. The summed E-state index contributed by atoms with van der Waals surface area (Å²) in [5.41, 5.74) is 0. The van der Waals surface area contributed by atoms with E-state index < -0.39 is 6.09 Å². The Morgan fingerprint density at radius 2 is 1.75 bits per heavy atom. The largest absolute Gasteiger partial charge is 0.465 e. The second kappa shape index (κ2) is 3.31. The first-order chi connectivity index (χ1) is 5.52. The Morgan fingerprint density at radius 1 is 1.33 bits per heavy atom. The minimum Gasteiger partial charge on any atom is -0.465 e. The van der Waals surface area contributed by atoms with Crippen LogP contribution in [-0.2, 0) is 0 Å². The standard InChI is InChI=1S/C8H15NO3/c1-5-3-7(10)4-6(2)9(5)8(11)12/h5-7,10H,3-4H2,1-2H3,(H,11,12). The van der Waals surface area contributed by atoms with E-state index in [2.05, 4.69) is 0 Å². The van der Waals surface area contributed by atoms with Crippen molar-refractivity contribution in [3.63, 3.8) is 0 Å². The van der Waals surface area contributed by atoms with Crippen molar-refractivity contribution in [3.05, 3.63) is 0 Å². The molecular formula is C8H15NO3. The molecule has 1 saturated heterocycles. The molecule has 0 bridgehead atoms. The van der Waals surface area contributed by atoms with Crippen molar-refractivity contribution in [1.29, 1.82) is 0 Å². The quantitative estimate of drug-likeness (QED) is 0.572. The van der Waals surface area contributed by atoms with Crippen LogP contribution in [0.25, 0.3) is 0 Å². The van der Waals surface area contributed by atoms with Crippen LogP contribution in [0.2, 0.25) is 0 Å². The SMILES string of the molecule is CC1CC(O)CC(C)N1C(=O)O. The highest BCUT2D eigenvalue weighted by Gasteiger charge is 2.32. The molecule has 0 spiro atoms. The van der Waals surface area contributed by atoms with Crippen LogP contribution >= 0.6 is 0 Å². The number of hydrogen-bond donors (Lipinski definition) is 2. The minimum absolute atomic E-state index is 0.0683. The number of carbonyl (C=O) groups is 1. The molecule has 0 saturated carbocycles. The number of amides is 1. The molecule has 4 nitrogen and oxygen atoms in total. The van der Waals surface area contributed by atoms with Crippen molar-refractivity contribution < 1.29 is 15.0 Å². The van der Waals surface area contributed by atoms with Gasteiger partial charge in [0.15, 0.2) is 0 Å². The molecule has 2 atom stereocenters. The van der Waals surface area contributed by atoms with Crippen molar-refractivity contribution in [3.8, 4) is 0 Å². The van der Waals surface area contributed by atoms with E-state index in [1.165, 1.54) is 4.90 Å². The number of aliphatic hydroxyl groups is 1. The summed E-state index contributed by atoms with van der Waals surface area (Å²) in [6, 6.07) is -0.137. The van der Waals surface area contributed by atoms with Gasteiger partial charge in [0.25, 0.3) is 0 Å². The second-order valence-corrected chi connectivity index (χ2v) is 3.51. The van der Waals surface area contributed by atoms with Gasteiger partial charge >= 0.3 is 6.09 Å². The molecule has 4 heteroatoms. The molecule has 12 heavy (non-hydrogen) atoms. The highest BCUT2D eigenvalue weighted by molar-refractivity contribution is 5.66. The molecule has 2 N–H and O–H groups in total. The highest BCUT2D eigenvalue weighted by Crippen LogP contribution is 2.22. The van der Waals surface area contributed by atoms with Crippen molar-refractivity contribution in [1.82, 2.24) is 4.90 Å². The van der Waals surface area contributed by atoms with Crippen molar-refractivity contribution in [2.75, 3.05) is 0 Å². The zero-order valence-electron chi connectivity index (χ0n) is 7.40. The number of hydrogen-bond acceptors (Lipinski definition) is 2. The van der Waals surface area contributed by atoms with E-state index in [-0.39, 0.29) is 18.2 Å². The summed E-state index contributed by atoms with van der Waals surface area (Å²) in [6.45, 7) is 3.65. The Kier molecular flexibility index (Phi) is 2.57. The Hall–Kier alpha value is -0.770. The van der Waals surface area contributed by atoms with Crippen molar-refractivity contribution in [2.24, 2.45) is 0 Å². The first-order valence-electron chi connectivity index (χ1n) is 4.21. The summed E-state index contributed by atoms with van der Waals surface area (Å²) in [7, 11) is 0. The number of piperidine rings is 1. The van der Waals surface area contributed by atoms with E-state index in [4.69, 9.17) is 5.11 Å². The molecule has 1 amide bonds. The van der Waals surface area contributed by atoms with Crippen molar-refractivity contribution >= 4 is 6.09 Å². The molecule has 0 radical (unpaired) electrons. The third-order valence-corrected chi connectivity index (χ3v) is 2.40. The molecule has 1 heterocycles. The maximum atomic E-state index is 10.7. The van der Waals surface area contributed by atoms with Gasteiger partial charge in [-0.05, 0) is 26.7 Å². The van der Waals surface area contributed by atoms with E-state index in [1.807, 2.05) is 13.8 Å². The van der Waals surface area contributed by atoms with Gasteiger partial charge in [-0.3, -0.25) is 0 Å². The van der Waals surface area contributed by atoms with Gasteiger partial charge in [-0.15, -0.1) is 0 Å². The van der Waals surface area contributed by atoms with Gasteiger partial charge in [0.2, 0.25) is 0 Å². The zero-order chi connectivity index (χ0) is 9.30. The second-order valence-electron chi connectivity index (χ2n) is 3.51. The fourth-order valence-corrected chi connectivity index (χ4v) is 1.92. The number of carboxylic acid groups (broad SMARTS) is 1. The monoisotopic (exact) mass is 173 g/mol. The number of nitrogens with zero attached hydrogens (tertiary/aromatic N) is 1. The van der Waals surface area contributed by atoms with Gasteiger partial charge in [0.1, 0.15) is 0 Å². The lowest BCUT2D eigenvalue weighted by Crippen LogP contribution is -2.50. The first-order valence-corrected chi connectivity index (χ1v) is 4.21. The Labute approximate surface area is 71.8 Å². The molecule has 70 valence electrons.